The molecule has 10 nitrogen and oxygen atoms in total. The van der Waals surface area contributed by atoms with Crippen LogP contribution >= 0.6 is 63.7 Å². The molecule has 0 spiro atoms. The van der Waals surface area contributed by atoms with Crippen LogP contribution in [0.25, 0.3) is 0 Å². The second-order valence-electron chi connectivity index (χ2n) is 14.8. The Bertz CT molecular complexity index is 2040. The first-order valence-corrected chi connectivity index (χ1v) is 22.1. The lowest BCUT2D eigenvalue weighted by molar-refractivity contribution is -0.315. The van der Waals surface area contributed by atoms with E-state index in [-0.39, 0.29) is 40.2 Å². The van der Waals surface area contributed by atoms with Gasteiger partial charge in [0, 0.05) is 17.9 Å². The molecule has 306 valence electrons. The molecule has 14 heteroatoms. The van der Waals surface area contributed by atoms with Crippen LogP contribution in [-0.4, -0.2) is 67.3 Å². The van der Waals surface area contributed by atoms with Crippen molar-refractivity contribution in [3.05, 3.63) is 137 Å². The number of carbonyl (C=O) groups excluding carboxylic acids is 4. The SMILES string of the molecule is CC(C)[C@@H]1CC[C@@H](C)C[C@H]1O[C@H]1O[C@H](COC(=O)c2ccc(Br)cc2)[C@H](OC(=O)c2ccc(Br)cc2)[C@H](OC(=O)c2ccc(Br)cc2)[C@H]1OC(=O)c1ccc(Br)cc1. The average Bonchev–Trinajstić information content (AvgIpc) is 3.20. The second-order valence-corrected chi connectivity index (χ2v) is 18.4. The van der Waals surface area contributed by atoms with Crippen LogP contribution in [0.4, 0.5) is 0 Å². The largest absolute Gasteiger partial charge is 0.459 e. The van der Waals surface area contributed by atoms with Crippen LogP contribution in [0, 0.1) is 17.8 Å². The fourth-order valence-corrected chi connectivity index (χ4v) is 8.18. The maximum Gasteiger partial charge on any atom is 0.338 e. The van der Waals surface area contributed by atoms with Crippen molar-refractivity contribution >= 4 is 87.6 Å². The van der Waals surface area contributed by atoms with Crippen molar-refractivity contribution < 1.29 is 47.6 Å². The highest BCUT2D eigenvalue weighted by Crippen LogP contribution is 2.39. The third-order valence-electron chi connectivity index (χ3n) is 10.3. The number of benzene rings is 4. The molecule has 0 amide bonds. The van der Waals surface area contributed by atoms with Crippen molar-refractivity contribution in [1.82, 2.24) is 0 Å². The second kappa shape index (κ2) is 20.2. The Morgan fingerprint density at radius 1 is 0.586 bits per heavy atom. The first-order chi connectivity index (χ1) is 27.7. The number of hydrogen-bond donors (Lipinski definition) is 0. The quantitative estimate of drug-likeness (QED) is 0.100. The number of ether oxygens (including phenoxy) is 6. The number of rotatable bonds is 12. The van der Waals surface area contributed by atoms with Gasteiger partial charge in [0.05, 0.1) is 28.4 Å². The molecule has 0 radical (unpaired) electrons. The summed E-state index contributed by atoms with van der Waals surface area (Å²) in [6.45, 7) is 5.98. The van der Waals surface area contributed by atoms with Crippen molar-refractivity contribution in [2.24, 2.45) is 17.8 Å². The van der Waals surface area contributed by atoms with Gasteiger partial charge in [-0.25, -0.2) is 19.2 Å². The molecule has 2 aliphatic rings. The third kappa shape index (κ3) is 11.4. The van der Waals surface area contributed by atoms with Gasteiger partial charge in [-0.3, -0.25) is 0 Å². The zero-order valence-corrected chi connectivity index (χ0v) is 38.2. The summed E-state index contributed by atoms with van der Waals surface area (Å²) >= 11 is 13.6. The van der Waals surface area contributed by atoms with E-state index in [0.717, 1.165) is 30.7 Å². The molecule has 1 aliphatic heterocycles. The van der Waals surface area contributed by atoms with E-state index in [0.29, 0.717) is 12.3 Å². The van der Waals surface area contributed by atoms with Crippen LogP contribution in [0.3, 0.4) is 0 Å². The topological polar surface area (TPSA) is 124 Å². The van der Waals surface area contributed by atoms with Crippen molar-refractivity contribution in [1.29, 1.82) is 0 Å². The average molecular weight is 1050 g/mol. The van der Waals surface area contributed by atoms with Gasteiger partial charge < -0.3 is 28.4 Å². The summed E-state index contributed by atoms with van der Waals surface area (Å²) < 4.78 is 41.0. The molecule has 1 aliphatic carbocycles. The highest BCUT2D eigenvalue weighted by atomic mass is 79.9. The number of carbonyl (C=O) groups is 4. The third-order valence-corrected chi connectivity index (χ3v) is 12.4. The van der Waals surface area contributed by atoms with Gasteiger partial charge in [0.15, 0.2) is 24.6 Å². The zero-order valence-electron chi connectivity index (χ0n) is 31.9. The van der Waals surface area contributed by atoms with Gasteiger partial charge in [-0.05, 0) is 128 Å². The molecule has 1 saturated carbocycles. The van der Waals surface area contributed by atoms with E-state index in [1.54, 1.807) is 97.1 Å². The summed E-state index contributed by atoms with van der Waals surface area (Å²) in [4.78, 5) is 55.4. The molecule has 2 fully saturated rings. The molecule has 0 unspecified atom stereocenters. The predicted molar refractivity (Wildman–Crippen MR) is 229 cm³/mol. The number of halogens is 4. The molecule has 4 aromatic carbocycles. The Hall–Kier alpha value is -3.40. The summed E-state index contributed by atoms with van der Waals surface area (Å²) in [5.74, 6) is -2.28. The summed E-state index contributed by atoms with van der Waals surface area (Å²) in [7, 11) is 0. The van der Waals surface area contributed by atoms with Crippen LogP contribution in [0.15, 0.2) is 115 Å². The molecular weight excluding hydrogens is 1010 g/mol. The van der Waals surface area contributed by atoms with Crippen LogP contribution in [0.2, 0.25) is 0 Å². The Labute approximate surface area is 371 Å². The molecule has 6 rings (SSSR count). The first-order valence-electron chi connectivity index (χ1n) is 18.9. The van der Waals surface area contributed by atoms with Gasteiger partial charge in [-0.2, -0.15) is 0 Å². The summed E-state index contributed by atoms with van der Waals surface area (Å²) in [6, 6.07) is 26.2. The van der Waals surface area contributed by atoms with Crippen LogP contribution in [0.1, 0.15) is 81.5 Å². The lowest BCUT2D eigenvalue weighted by Gasteiger charge is -2.47. The lowest BCUT2D eigenvalue weighted by atomic mass is 9.75. The molecule has 58 heavy (non-hydrogen) atoms. The zero-order chi connectivity index (χ0) is 41.5. The fraction of sp³-hybridized carbons (Fsp3) is 0.364. The van der Waals surface area contributed by atoms with Crippen LogP contribution in [-0.2, 0) is 28.4 Å². The molecule has 0 bridgehead atoms. The molecule has 0 N–H and O–H groups in total. The molecule has 1 heterocycles. The highest BCUT2D eigenvalue weighted by molar-refractivity contribution is 9.11. The first kappa shape index (κ1) is 44.2. The van der Waals surface area contributed by atoms with Crippen molar-refractivity contribution in [2.75, 3.05) is 6.61 Å². The van der Waals surface area contributed by atoms with Crippen LogP contribution < -0.4 is 0 Å². The van der Waals surface area contributed by atoms with E-state index in [1.807, 2.05) is 0 Å². The number of esters is 4. The minimum Gasteiger partial charge on any atom is -0.459 e. The van der Waals surface area contributed by atoms with E-state index in [9.17, 15) is 19.2 Å². The Morgan fingerprint density at radius 2 is 0.983 bits per heavy atom. The van der Waals surface area contributed by atoms with Crippen molar-refractivity contribution in [3.63, 3.8) is 0 Å². The van der Waals surface area contributed by atoms with E-state index in [4.69, 9.17) is 28.4 Å². The van der Waals surface area contributed by atoms with Crippen molar-refractivity contribution in [2.45, 2.75) is 76.8 Å². The lowest BCUT2D eigenvalue weighted by Crippen LogP contribution is -2.64. The minimum atomic E-state index is -1.51. The fourth-order valence-electron chi connectivity index (χ4n) is 7.13. The maximum absolute atomic E-state index is 14.1. The van der Waals surface area contributed by atoms with E-state index in [2.05, 4.69) is 84.5 Å². The van der Waals surface area contributed by atoms with E-state index < -0.39 is 61.2 Å². The Morgan fingerprint density at radius 3 is 1.41 bits per heavy atom. The van der Waals surface area contributed by atoms with Gasteiger partial charge in [0.1, 0.15) is 12.7 Å². The van der Waals surface area contributed by atoms with Gasteiger partial charge >= 0.3 is 23.9 Å². The Balaban J connectivity index is 1.44. The predicted octanol–water partition coefficient (Wildman–Crippen LogP) is 10.8. The van der Waals surface area contributed by atoms with E-state index in [1.165, 1.54) is 0 Å². The van der Waals surface area contributed by atoms with Gasteiger partial charge in [0.25, 0.3) is 0 Å². The minimum absolute atomic E-state index is 0.132. The van der Waals surface area contributed by atoms with Gasteiger partial charge in [0.2, 0.25) is 0 Å². The number of hydrogen-bond acceptors (Lipinski definition) is 10. The van der Waals surface area contributed by atoms with E-state index >= 15 is 0 Å². The summed E-state index contributed by atoms with van der Waals surface area (Å²) in [6.07, 6.45) is -4.75. The van der Waals surface area contributed by atoms with Gasteiger partial charge in [-0.15, -0.1) is 0 Å². The Kier molecular flexibility index (Phi) is 15.4. The smallest absolute Gasteiger partial charge is 0.338 e. The molecule has 8 atom stereocenters. The normalized spacial score (nSPS) is 24.4. The molecule has 0 aromatic heterocycles. The molecule has 1 saturated heterocycles. The summed E-state index contributed by atoms with van der Waals surface area (Å²) in [5.41, 5.74) is 0.845. The maximum atomic E-state index is 14.1. The van der Waals surface area contributed by atoms with Crippen molar-refractivity contribution in [3.8, 4) is 0 Å². The standard InChI is InChI=1S/C44H42Br4O10/c1-24(2)34-21-4-25(3)22-35(34)54-44-39(58-43(52)29-11-19-33(48)20-12-29)38(57-42(51)28-9-17-32(47)18-10-28)37(56-41(50)27-7-15-31(46)16-8-27)36(55-44)23-53-40(49)26-5-13-30(45)14-6-26/h5-20,24-25,34-39,44H,4,21-23H2,1-3H3/t25-,34+,35-,36-,37+,38+,39-,44+/m1/s1. The molecular formula is C44H42Br4O10. The molecule has 4 aromatic rings. The van der Waals surface area contributed by atoms with Crippen LogP contribution in [0.5, 0.6) is 0 Å². The van der Waals surface area contributed by atoms with Gasteiger partial charge in [-0.1, -0.05) is 90.9 Å². The highest BCUT2D eigenvalue weighted by Gasteiger charge is 2.54. The summed E-state index contributed by atoms with van der Waals surface area (Å²) in [5, 5.41) is 0. The monoisotopic (exact) mass is 1050 g/mol.